The molecule has 2 aliphatic rings. The molecule has 1 unspecified atom stereocenters. The lowest BCUT2D eigenvalue weighted by molar-refractivity contribution is -0.138. The monoisotopic (exact) mass is 479 g/mol. The zero-order valence-electron chi connectivity index (χ0n) is 19.4. The number of carbonyl (C=O) groups is 2. The quantitative estimate of drug-likeness (QED) is 0.574. The molecule has 2 amide bonds. The van der Waals surface area contributed by atoms with Crippen molar-refractivity contribution in [2.24, 2.45) is 5.92 Å². The third kappa shape index (κ3) is 4.76. The van der Waals surface area contributed by atoms with Gasteiger partial charge in [-0.2, -0.15) is 0 Å². The number of rotatable bonds is 4. The summed E-state index contributed by atoms with van der Waals surface area (Å²) in [6.45, 7) is 6.59. The second-order valence-corrected chi connectivity index (χ2v) is 10.1. The fourth-order valence-corrected chi connectivity index (χ4v) is 5.56. The molecule has 178 valence electrons. The summed E-state index contributed by atoms with van der Waals surface area (Å²) < 4.78 is 1.56. The molecule has 0 N–H and O–H groups in total. The molecule has 2 fully saturated rings. The fourth-order valence-electron chi connectivity index (χ4n) is 4.82. The number of fused-ring (bicyclic) bond motifs is 1. The lowest BCUT2D eigenvalue weighted by Crippen LogP contribution is -2.52. The van der Waals surface area contributed by atoms with Crippen molar-refractivity contribution in [1.29, 1.82) is 0 Å². The van der Waals surface area contributed by atoms with Gasteiger partial charge in [0.25, 0.3) is 11.5 Å². The molecule has 8 nitrogen and oxygen atoms in total. The van der Waals surface area contributed by atoms with E-state index in [1.165, 1.54) is 11.3 Å². The average molecular weight is 480 g/mol. The maximum absolute atomic E-state index is 13.2. The average Bonchev–Trinajstić information content (AvgIpc) is 3.34. The van der Waals surface area contributed by atoms with Crippen LogP contribution >= 0.6 is 11.3 Å². The van der Waals surface area contributed by atoms with Gasteiger partial charge in [-0.1, -0.05) is 17.7 Å². The van der Waals surface area contributed by atoms with E-state index in [0.717, 1.165) is 37.2 Å². The lowest BCUT2D eigenvalue weighted by atomic mass is 9.95. The molecule has 0 spiro atoms. The predicted octanol–water partition coefficient (Wildman–Crippen LogP) is 2.26. The van der Waals surface area contributed by atoms with Crippen molar-refractivity contribution < 1.29 is 9.59 Å². The molecule has 1 aromatic carbocycles. The van der Waals surface area contributed by atoms with Gasteiger partial charge in [-0.05, 0) is 31.9 Å². The van der Waals surface area contributed by atoms with Crippen LogP contribution in [0, 0.1) is 12.8 Å². The van der Waals surface area contributed by atoms with Gasteiger partial charge in [-0.15, -0.1) is 11.3 Å². The van der Waals surface area contributed by atoms with Gasteiger partial charge >= 0.3 is 0 Å². The van der Waals surface area contributed by atoms with Crippen LogP contribution in [-0.4, -0.2) is 75.2 Å². The molecule has 5 rings (SSSR count). The van der Waals surface area contributed by atoms with Crippen LogP contribution in [0.3, 0.4) is 0 Å². The summed E-state index contributed by atoms with van der Waals surface area (Å²) in [7, 11) is 0. The number of hydrogen-bond acceptors (Lipinski definition) is 6. The first kappa shape index (κ1) is 22.7. The molecule has 0 bridgehead atoms. The van der Waals surface area contributed by atoms with E-state index in [4.69, 9.17) is 0 Å². The van der Waals surface area contributed by atoms with Gasteiger partial charge < -0.3 is 9.80 Å². The number of aryl methyl sites for hydroxylation is 1. The normalized spacial score (nSPS) is 19.5. The molecule has 34 heavy (non-hydrogen) atoms. The van der Waals surface area contributed by atoms with Gasteiger partial charge in [-0.3, -0.25) is 23.7 Å². The number of benzene rings is 1. The van der Waals surface area contributed by atoms with Crippen LogP contribution in [0.1, 0.15) is 34.5 Å². The van der Waals surface area contributed by atoms with Crippen molar-refractivity contribution in [3.05, 3.63) is 69.1 Å². The Labute approximate surface area is 202 Å². The second kappa shape index (κ2) is 9.68. The van der Waals surface area contributed by atoms with Crippen LogP contribution in [0.2, 0.25) is 0 Å². The highest BCUT2D eigenvalue weighted by Crippen LogP contribution is 2.22. The summed E-state index contributed by atoms with van der Waals surface area (Å²) in [6.07, 6.45) is 3.41. The van der Waals surface area contributed by atoms with Crippen molar-refractivity contribution in [2.45, 2.75) is 26.3 Å². The maximum Gasteiger partial charge on any atom is 0.258 e. The Morgan fingerprint density at radius 3 is 2.59 bits per heavy atom. The largest absolute Gasteiger partial charge is 0.340 e. The Balaban J connectivity index is 1.16. The molecule has 0 radical (unpaired) electrons. The molecule has 2 aliphatic heterocycles. The first-order chi connectivity index (χ1) is 16.5. The molecule has 3 aromatic rings. The molecular formula is C25H29N5O3S. The molecular weight excluding hydrogens is 450 g/mol. The van der Waals surface area contributed by atoms with Gasteiger partial charge in [0.1, 0.15) is 0 Å². The smallest absolute Gasteiger partial charge is 0.258 e. The number of aromatic nitrogens is 2. The van der Waals surface area contributed by atoms with Crippen LogP contribution in [-0.2, 0) is 11.3 Å². The zero-order valence-corrected chi connectivity index (χ0v) is 20.2. The van der Waals surface area contributed by atoms with E-state index in [9.17, 15) is 14.4 Å². The summed E-state index contributed by atoms with van der Waals surface area (Å²) in [5.74, 6) is 0.0171. The van der Waals surface area contributed by atoms with Crippen molar-refractivity contribution in [1.82, 2.24) is 24.1 Å². The highest BCUT2D eigenvalue weighted by molar-refractivity contribution is 7.15. The first-order valence-electron chi connectivity index (χ1n) is 11.8. The van der Waals surface area contributed by atoms with Gasteiger partial charge in [0.2, 0.25) is 5.91 Å². The predicted molar refractivity (Wildman–Crippen MR) is 131 cm³/mol. The molecule has 0 aliphatic carbocycles. The Hall–Kier alpha value is -3.04. The minimum Gasteiger partial charge on any atom is -0.340 e. The number of piperazine rings is 1. The maximum atomic E-state index is 13.2. The Bertz CT molecular complexity index is 1240. The topological polar surface area (TPSA) is 78.2 Å². The van der Waals surface area contributed by atoms with E-state index >= 15 is 0 Å². The summed E-state index contributed by atoms with van der Waals surface area (Å²) in [5.41, 5.74) is 2.51. The highest BCUT2D eigenvalue weighted by Gasteiger charge is 2.33. The summed E-state index contributed by atoms with van der Waals surface area (Å²) >= 11 is 1.45. The molecule has 2 aromatic heterocycles. The van der Waals surface area contributed by atoms with Crippen molar-refractivity contribution in [2.75, 3.05) is 39.3 Å². The van der Waals surface area contributed by atoms with Crippen molar-refractivity contribution in [3.8, 4) is 0 Å². The van der Waals surface area contributed by atoms with Crippen molar-refractivity contribution in [3.63, 3.8) is 0 Å². The van der Waals surface area contributed by atoms with Crippen molar-refractivity contribution >= 4 is 28.1 Å². The number of thiazole rings is 1. The highest BCUT2D eigenvalue weighted by atomic mass is 32.1. The van der Waals surface area contributed by atoms with E-state index in [2.05, 4.69) is 9.88 Å². The van der Waals surface area contributed by atoms with E-state index in [1.807, 2.05) is 46.4 Å². The van der Waals surface area contributed by atoms with E-state index in [1.54, 1.807) is 16.7 Å². The number of hydrogen-bond donors (Lipinski definition) is 0. The van der Waals surface area contributed by atoms with E-state index in [0.29, 0.717) is 43.2 Å². The van der Waals surface area contributed by atoms with E-state index < -0.39 is 0 Å². The SMILES string of the molecule is Cc1ccc(C(=O)N2CCCC(C(=O)N3CCN(Cc4cc(=O)n5ccsc5n4)CC3)C2)cc1. The number of piperidine rings is 1. The van der Waals surface area contributed by atoms with Gasteiger partial charge in [0.15, 0.2) is 4.96 Å². The third-order valence-corrected chi connectivity index (χ3v) is 7.54. The van der Waals surface area contributed by atoms with Crippen LogP contribution in [0.25, 0.3) is 4.96 Å². The number of carbonyl (C=O) groups excluding carboxylic acids is 2. The summed E-state index contributed by atoms with van der Waals surface area (Å²) in [4.78, 5) is 49.7. The standard InChI is InChI=1S/C25H29N5O3S/c1-18-4-6-19(7-5-18)23(32)29-8-2-3-20(16-29)24(33)28-11-9-27(10-12-28)17-21-15-22(31)30-13-14-34-25(30)26-21/h4-7,13-15,20H,2-3,8-12,16-17H2,1H3. The van der Waals surface area contributed by atoms with Crippen LogP contribution in [0.15, 0.2) is 46.7 Å². The molecule has 9 heteroatoms. The van der Waals surface area contributed by atoms with Crippen LogP contribution in [0.4, 0.5) is 0 Å². The fraction of sp³-hybridized carbons (Fsp3) is 0.440. The number of nitrogens with zero attached hydrogens (tertiary/aromatic N) is 5. The minimum absolute atomic E-state index is 0.00781. The molecule has 0 saturated carbocycles. The van der Waals surface area contributed by atoms with Gasteiger partial charge in [0.05, 0.1) is 11.6 Å². The van der Waals surface area contributed by atoms with Gasteiger partial charge in [0, 0.05) is 69.0 Å². The summed E-state index contributed by atoms with van der Waals surface area (Å²) in [6, 6.07) is 9.22. The van der Waals surface area contributed by atoms with E-state index in [-0.39, 0.29) is 23.3 Å². The zero-order chi connectivity index (χ0) is 23.7. The Morgan fingerprint density at radius 2 is 1.82 bits per heavy atom. The van der Waals surface area contributed by atoms with Crippen LogP contribution < -0.4 is 5.56 Å². The molecule has 2 saturated heterocycles. The molecule has 1 atom stereocenters. The number of likely N-dealkylation sites (tertiary alicyclic amines) is 1. The Kier molecular flexibility index (Phi) is 6.47. The third-order valence-electron chi connectivity index (χ3n) is 6.78. The Morgan fingerprint density at radius 1 is 1.06 bits per heavy atom. The molecule has 4 heterocycles. The lowest BCUT2D eigenvalue weighted by Gasteiger charge is -2.39. The van der Waals surface area contributed by atoms with Gasteiger partial charge in [-0.25, -0.2) is 4.98 Å². The van der Waals surface area contributed by atoms with Crippen LogP contribution in [0.5, 0.6) is 0 Å². The summed E-state index contributed by atoms with van der Waals surface area (Å²) in [5, 5.41) is 1.86. The minimum atomic E-state index is -0.141. The second-order valence-electron chi connectivity index (χ2n) is 9.20. The number of amides is 2. The first-order valence-corrected chi connectivity index (χ1v) is 12.7.